The van der Waals surface area contributed by atoms with Crippen LogP contribution in [0, 0.1) is 11.3 Å². The van der Waals surface area contributed by atoms with Crippen molar-refractivity contribution in [1.82, 2.24) is 15.2 Å². The van der Waals surface area contributed by atoms with Gasteiger partial charge in [-0.25, -0.2) is 13.4 Å². The predicted octanol–water partition coefficient (Wildman–Crippen LogP) is 4.80. The van der Waals surface area contributed by atoms with Crippen molar-refractivity contribution in [1.29, 1.82) is 5.26 Å². The fourth-order valence-corrected chi connectivity index (χ4v) is 4.57. The average Bonchev–Trinajstić information content (AvgIpc) is 3.56. The highest BCUT2D eigenvalue weighted by molar-refractivity contribution is 7.91. The first-order valence-corrected chi connectivity index (χ1v) is 12.6. The van der Waals surface area contributed by atoms with Gasteiger partial charge in [0.15, 0.2) is 15.4 Å². The van der Waals surface area contributed by atoms with Crippen LogP contribution in [0.2, 0.25) is 0 Å². The van der Waals surface area contributed by atoms with Crippen LogP contribution in [0.4, 0.5) is 5.69 Å². The van der Waals surface area contributed by atoms with Gasteiger partial charge in [0.2, 0.25) is 5.89 Å². The Morgan fingerprint density at radius 2 is 1.83 bits per heavy atom. The molecular weight excluding hydrogens is 478 g/mol. The van der Waals surface area contributed by atoms with Gasteiger partial charge in [-0.15, -0.1) is 0 Å². The standard InChI is InChI=1S/C26H19N5O4S/c1-2-36(33,34)20-11-12-23-22(13-20)30-26(35-23)21-15-28-31-24(21)17-7-9-19(10-8-17)29-25(32)18-5-3-16(14-27)4-6-18/h3-13,15H,2H2,1H3,(H,28,31)(H,29,32). The van der Waals surface area contributed by atoms with Crippen LogP contribution >= 0.6 is 0 Å². The number of oxazole rings is 1. The smallest absolute Gasteiger partial charge is 0.255 e. The van der Waals surface area contributed by atoms with Crippen LogP contribution in [0.1, 0.15) is 22.8 Å². The van der Waals surface area contributed by atoms with E-state index in [1.807, 2.05) is 18.2 Å². The van der Waals surface area contributed by atoms with Gasteiger partial charge in [0, 0.05) is 23.0 Å². The first kappa shape index (κ1) is 23.0. The number of amides is 1. The number of anilines is 1. The molecule has 0 bridgehead atoms. The minimum atomic E-state index is -3.36. The number of rotatable bonds is 6. The van der Waals surface area contributed by atoms with Crippen LogP contribution < -0.4 is 5.32 Å². The average molecular weight is 498 g/mol. The summed E-state index contributed by atoms with van der Waals surface area (Å²) in [6.45, 7) is 1.59. The Bertz CT molecular complexity index is 1730. The first-order chi connectivity index (χ1) is 17.4. The van der Waals surface area contributed by atoms with Gasteiger partial charge in [-0.05, 0) is 54.6 Å². The molecule has 0 radical (unpaired) electrons. The van der Waals surface area contributed by atoms with Gasteiger partial charge in [0.25, 0.3) is 5.91 Å². The Morgan fingerprint density at radius 1 is 1.08 bits per heavy atom. The minimum Gasteiger partial charge on any atom is -0.436 e. The van der Waals surface area contributed by atoms with E-state index in [0.29, 0.717) is 45.1 Å². The number of carbonyl (C=O) groups excluding carboxylic acids is 1. The monoisotopic (exact) mass is 497 g/mol. The van der Waals surface area contributed by atoms with E-state index in [0.717, 1.165) is 5.56 Å². The molecule has 0 fully saturated rings. The van der Waals surface area contributed by atoms with Gasteiger partial charge < -0.3 is 9.73 Å². The number of aromatic nitrogens is 3. The number of sulfone groups is 1. The molecule has 2 heterocycles. The van der Waals surface area contributed by atoms with Gasteiger partial charge in [0.05, 0.1) is 27.8 Å². The lowest BCUT2D eigenvalue weighted by Gasteiger charge is -2.06. The number of nitrogens with zero attached hydrogens (tertiary/aromatic N) is 3. The molecule has 0 atom stereocenters. The van der Waals surface area contributed by atoms with Crippen molar-refractivity contribution in [2.45, 2.75) is 11.8 Å². The zero-order chi connectivity index (χ0) is 25.3. The Labute approximate surface area is 206 Å². The lowest BCUT2D eigenvalue weighted by molar-refractivity contribution is 0.102. The van der Waals surface area contributed by atoms with E-state index in [1.54, 1.807) is 55.6 Å². The van der Waals surface area contributed by atoms with E-state index in [9.17, 15) is 13.2 Å². The van der Waals surface area contributed by atoms with Gasteiger partial charge in [-0.3, -0.25) is 9.89 Å². The summed E-state index contributed by atoms with van der Waals surface area (Å²) in [5, 5.41) is 18.9. The SMILES string of the molecule is CCS(=O)(=O)c1ccc2oc(-c3c[nH]nc3-c3ccc(NC(=O)c4ccc(C#N)cc4)cc3)nc2c1. The van der Waals surface area contributed by atoms with E-state index in [-0.39, 0.29) is 16.6 Å². The molecule has 2 N–H and O–H groups in total. The topological polar surface area (TPSA) is 142 Å². The third-order valence-corrected chi connectivity index (χ3v) is 7.39. The molecule has 0 aliphatic heterocycles. The van der Waals surface area contributed by atoms with E-state index in [2.05, 4.69) is 20.5 Å². The molecule has 36 heavy (non-hydrogen) atoms. The Kier molecular flexibility index (Phi) is 5.83. The lowest BCUT2D eigenvalue weighted by Crippen LogP contribution is -2.11. The van der Waals surface area contributed by atoms with Crippen LogP contribution in [0.5, 0.6) is 0 Å². The van der Waals surface area contributed by atoms with Crippen molar-refractivity contribution in [3.05, 3.63) is 84.1 Å². The highest BCUT2D eigenvalue weighted by atomic mass is 32.2. The predicted molar refractivity (Wildman–Crippen MR) is 134 cm³/mol. The number of hydrogen-bond donors (Lipinski definition) is 2. The maximum atomic E-state index is 12.5. The molecule has 0 saturated heterocycles. The normalized spacial score (nSPS) is 11.3. The molecular formula is C26H19N5O4S. The molecule has 178 valence electrons. The molecule has 3 aromatic carbocycles. The quantitative estimate of drug-likeness (QED) is 0.343. The zero-order valence-electron chi connectivity index (χ0n) is 19.0. The second-order valence-electron chi connectivity index (χ2n) is 7.92. The van der Waals surface area contributed by atoms with Gasteiger partial charge in [0.1, 0.15) is 11.2 Å². The van der Waals surface area contributed by atoms with Crippen LogP contribution in [0.15, 0.2) is 82.2 Å². The van der Waals surface area contributed by atoms with Crippen molar-refractivity contribution in [3.8, 4) is 28.8 Å². The maximum Gasteiger partial charge on any atom is 0.255 e. The van der Waals surface area contributed by atoms with Crippen LogP contribution in [0.25, 0.3) is 33.8 Å². The molecule has 0 aliphatic carbocycles. The highest BCUT2D eigenvalue weighted by Crippen LogP contribution is 2.33. The number of benzene rings is 3. The summed E-state index contributed by atoms with van der Waals surface area (Å²) < 4.78 is 30.3. The molecule has 5 aromatic rings. The number of fused-ring (bicyclic) bond motifs is 1. The Hall–Kier alpha value is -4.75. The van der Waals surface area contributed by atoms with E-state index < -0.39 is 9.84 Å². The summed E-state index contributed by atoms with van der Waals surface area (Å²) in [7, 11) is -3.36. The fraction of sp³-hybridized carbons (Fsp3) is 0.0769. The molecule has 0 saturated carbocycles. The second-order valence-corrected chi connectivity index (χ2v) is 10.2. The lowest BCUT2D eigenvalue weighted by atomic mass is 10.1. The molecule has 1 amide bonds. The summed E-state index contributed by atoms with van der Waals surface area (Å²) in [5.74, 6) is 0.0144. The van der Waals surface area contributed by atoms with E-state index in [1.165, 1.54) is 12.1 Å². The summed E-state index contributed by atoms with van der Waals surface area (Å²) in [4.78, 5) is 17.2. The largest absolute Gasteiger partial charge is 0.436 e. The number of aromatic amines is 1. The molecule has 2 aromatic heterocycles. The van der Waals surface area contributed by atoms with Gasteiger partial charge >= 0.3 is 0 Å². The summed E-state index contributed by atoms with van der Waals surface area (Å²) in [5.41, 5.74) is 4.39. The Morgan fingerprint density at radius 3 is 2.53 bits per heavy atom. The van der Waals surface area contributed by atoms with Crippen molar-refractivity contribution in [3.63, 3.8) is 0 Å². The number of nitrogens with one attached hydrogen (secondary N) is 2. The maximum absolute atomic E-state index is 12.5. The summed E-state index contributed by atoms with van der Waals surface area (Å²) >= 11 is 0. The number of carbonyl (C=O) groups is 1. The molecule has 10 heteroatoms. The Balaban J connectivity index is 1.39. The zero-order valence-corrected chi connectivity index (χ0v) is 19.8. The number of H-pyrrole nitrogens is 1. The second kappa shape index (κ2) is 9.13. The van der Waals surface area contributed by atoms with Crippen molar-refractivity contribution in [2.24, 2.45) is 0 Å². The van der Waals surface area contributed by atoms with E-state index in [4.69, 9.17) is 9.68 Å². The van der Waals surface area contributed by atoms with Crippen LogP contribution in [0.3, 0.4) is 0 Å². The summed E-state index contributed by atoms with van der Waals surface area (Å²) in [6, 6.07) is 20.1. The van der Waals surface area contributed by atoms with Crippen molar-refractivity contribution in [2.75, 3.05) is 11.1 Å². The highest BCUT2D eigenvalue weighted by Gasteiger charge is 2.19. The van der Waals surface area contributed by atoms with Crippen LogP contribution in [-0.2, 0) is 9.84 Å². The van der Waals surface area contributed by atoms with Gasteiger partial charge in [-0.1, -0.05) is 19.1 Å². The summed E-state index contributed by atoms with van der Waals surface area (Å²) in [6.07, 6.45) is 1.66. The first-order valence-electron chi connectivity index (χ1n) is 11.0. The molecule has 5 rings (SSSR count). The number of hydrogen-bond acceptors (Lipinski definition) is 7. The molecule has 9 nitrogen and oxygen atoms in total. The van der Waals surface area contributed by atoms with Gasteiger partial charge in [-0.2, -0.15) is 10.4 Å². The van der Waals surface area contributed by atoms with Crippen molar-refractivity contribution < 1.29 is 17.6 Å². The third kappa shape index (κ3) is 4.35. The van der Waals surface area contributed by atoms with Crippen LogP contribution in [-0.4, -0.2) is 35.3 Å². The van der Waals surface area contributed by atoms with Crippen molar-refractivity contribution >= 4 is 32.5 Å². The van der Waals surface area contributed by atoms with E-state index >= 15 is 0 Å². The minimum absolute atomic E-state index is 0.000975. The third-order valence-electron chi connectivity index (χ3n) is 5.66. The molecule has 0 aliphatic rings. The fourth-order valence-electron chi connectivity index (χ4n) is 3.67. The number of nitriles is 1. The molecule has 0 unspecified atom stereocenters. The molecule has 0 spiro atoms.